The van der Waals surface area contributed by atoms with E-state index >= 15 is 0 Å². The van der Waals surface area contributed by atoms with E-state index in [1.807, 2.05) is 0 Å². The summed E-state index contributed by atoms with van der Waals surface area (Å²) >= 11 is 0. The van der Waals surface area contributed by atoms with E-state index in [0.29, 0.717) is 23.3 Å². The van der Waals surface area contributed by atoms with Crippen LogP contribution in [-0.4, -0.2) is 19.9 Å². The molecule has 0 bridgehead atoms. The quantitative estimate of drug-likeness (QED) is 0.577. The second kappa shape index (κ2) is 2.25. The molecule has 0 aromatic rings. The molecule has 0 amide bonds. The summed E-state index contributed by atoms with van der Waals surface area (Å²) in [4.78, 5) is 0. The largest absolute Gasteiger partial charge is 0.229 e. The fourth-order valence-electron chi connectivity index (χ4n) is 3.00. The van der Waals surface area contributed by atoms with Crippen LogP contribution in [0.4, 0.5) is 0 Å². The van der Waals surface area contributed by atoms with Gasteiger partial charge in [-0.1, -0.05) is 13.8 Å². The summed E-state index contributed by atoms with van der Waals surface area (Å²) in [6, 6.07) is 0. The third-order valence-electron chi connectivity index (χ3n) is 4.04. The molecule has 0 aromatic carbocycles. The lowest BCUT2D eigenvalue weighted by molar-refractivity contribution is -0.00604. The van der Waals surface area contributed by atoms with Crippen LogP contribution in [0.15, 0.2) is 0 Å². The molecule has 2 unspecified atom stereocenters. The molecule has 2 rings (SSSR count). The molecule has 1 spiro atoms. The molecule has 2 atom stereocenters. The van der Waals surface area contributed by atoms with E-state index in [-0.39, 0.29) is 5.41 Å². The van der Waals surface area contributed by atoms with Crippen molar-refractivity contribution in [2.24, 2.45) is 17.3 Å². The highest BCUT2D eigenvalue weighted by Crippen LogP contribution is 2.57. The predicted octanol–water partition coefficient (Wildman–Crippen LogP) is 1.47. The number of sulfone groups is 1. The Kier molecular flexibility index (Phi) is 1.60. The minimum absolute atomic E-state index is 0.179. The zero-order valence-electron chi connectivity index (χ0n) is 7.71. The highest BCUT2D eigenvalue weighted by molar-refractivity contribution is 7.91. The summed E-state index contributed by atoms with van der Waals surface area (Å²) in [7, 11) is -2.68. The molecule has 1 aliphatic heterocycles. The molecular formula is C9H16O2S. The Hall–Kier alpha value is -0.0500. The van der Waals surface area contributed by atoms with Crippen molar-refractivity contribution >= 4 is 9.84 Å². The first-order valence-electron chi connectivity index (χ1n) is 4.67. The molecule has 1 saturated carbocycles. The van der Waals surface area contributed by atoms with Crippen LogP contribution in [-0.2, 0) is 9.84 Å². The lowest BCUT2D eigenvalue weighted by Gasteiger charge is -2.51. The average Bonchev–Trinajstić information content (AvgIpc) is 2.30. The molecule has 1 heterocycles. The molecular weight excluding hydrogens is 172 g/mol. The summed E-state index contributed by atoms with van der Waals surface area (Å²) in [5, 5.41) is 0. The fraction of sp³-hybridized carbons (Fsp3) is 1.00. The van der Waals surface area contributed by atoms with Gasteiger partial charge in [-0.2, -0.15) is 0 Å². The first kappa shape index (κ1) is 8.54. The molecule has 2 aliphatic rings. The fourth-order valence-corrected chi connectivity index (χ4v) is 5.37. The smallest absolute Gasteiger partial charge is 0.150 e. The Morgan fingerprint density at radius 3 is 2.08 bits per heavy atom. The summed E-state index contributed by atoms with van der Waals surface area (Å²) < 4.78 is 22.7. The Morgan fingerprint density at radius 1 is 1.25 bits per heavy atom. The van der Waals surface area contributed by atoms with Crippen molar-refractivity contribution in [3.05, 3.63) is 0 Å². The van der Waals surface area contributed by atoms with E-state index < -0.39 is 9.84 Å². The molecule has 0 aromatic heterocycles. The molecule has 70 valence electrons. The molecule has 0 radical (unpaired) electrons. The van der Waals surface area contributed by atoms with E-state index in [2.05, 4.69) is 13.8 Å². The van der Waals surface area contributed by atoms with E-state index in [9.17, 15) is 8.42 Å². The molecule has 2 nitrogen and oxygen atoms in total. The second-order valence-electron chi connectivity index (χ2n) is 4.61. The molecule has 3 heteroatoms. The molecule has 2 fully saturated rings. The Labute approximate surface area is 74.3 Å². The third kappa shape index (κ3) is 0.951. The zero-order valence-corrected chi connectivity index (χ0v) is 8.52. The maximum atomic E-state index is 11.3. The van der Waals surface area contributed by atoms with Gasteiger partial charge in [-0.15, -0.1) is 0 Å². The van der Waals surface area contributed by atoms with Gasteiger partial charge < -0.3 is 0 Å². The highest BCUT2D eigenvalue weighted by atomic mass is 32.2. The van der Waals surface area contributed by atoms with Crippen LogP contribution >= 0.6 is 0 Å². The van der Waals surface area contributed by atoms with Crippen molar-refractivity contribution in [2.75, 3.05) is 11.5 Å². The van der Waals surface area contributed by atoms with Crippen molar-refractivity contribution < 1.29 is 8.42 Å². The summed E-state index contributed by atoms with van der Waals surface area (Å²) in [6.45, 7) is 4.39. The van der Waals surface area contributed by atoms with Crippen molar-refractivity contribution in [3.8, 4) is 0 Å². The van der Waals surface area contributed by atoms with Crippen LogP contribution in [0.25, 0.3) is 0 Å². The van der Waals surface area contributed by atoms with Gasteiger partial charge in [-0.3, -0.25) is 0 Å². The van der Waals surface area contributed by atoms with Crippen molar-refractivity contribution in [2.45, 2.75) is 26.7 Å². The lowest BCUT2D eigenvalue weighted by Crippen LogP contribution is -2.47. The third-order valence-corrected chi connectivity index (χ3v) is 5.84. The zero-order chi connectivity index (χ0) is 8.98. The van der Waals surface area contributed by atoms with E-state index in [0.717, 1.165) is 6.42 Å². The normalized spacial score (nSPS) is 50.8. The SMILES string of the molecule is CC1CC(C)C12CCS(=O)(=O)C2. The Balaban J connectivity index is 2.26. The van der Waals surface area contributed by atoms with Gasteiger partial charge in [0.15, 0.2) is 9.84 Å². The topological polar surface area (TPSA) is 34.1 Å². The molecule has 12 heavy (non-hydrogen) atoms. The van der Waals surface area contributed by atoms with Crippen LogP contribution in [0.2, 0.25) is 0 Å². The van der Waals surface area contributed by atoms with Gasteiger partial charge >= 0.3 is 0 Å². The van der Waals surface area contributed by atoms with E-state index in [4.69, 9.17) is 0 Å². The minimum Gasteiger partial charge on any atom is -0.229 e. The van der Waals surface area contributed by atoms with Crippen LogP contribution < -0.4 is 0 Å². The lowest BCUT2D eigenvalue weighted by atomic mass is 9.54. The Morgan fingerprint density at radius 2 is 1.83 bits per heavy atom. The van der Waals surface area contributed by atoms with Gasteiger partial charge in [0.25, 0.3) is 0 Å². The van der Waals surface area contributed by atoms with Crippen molar-refractivity contribution in [1.82, 2.24) is 0 Å². The van der Waals surface area contributed by atoms with Crippen LogP contribution in [0.3, 0.4) is 0 Å². The summed E-state index contributed by atoms with van der Waals surface area (Å²) in [5.41, 5.74) is 0.179. The number of hydrogen-bond donors (Lipinski definition) is 0. The van der Waals surface area contributed by atoms with Gasteiger partial charge in [0.2, 0.25) is 0 Å². The van der Waals surface area contributed by atoms with Gasteiger partial charge in [0.1, 0.15) is 0 Å². The maximum Gasteiger partial charge on any atom is 0.150 e. The second-order valence-corrected chi connectivity index (χ2v) is 6.80. The molecule has 1 saturated heterocycles. The van der Waals surface area contributed by atoms with Crippen molar-refractivity contribution in [3.63, 3.8) is 0 Å². The molecule has 1 aliphatic carbocycles. The van der Waals surface area contributed by atoms with Gasteiger partial charge in [0.05, 0.1) is 11.5 Å². The van der Waals surface area contributed by atoms with E-state index in [1.165, 1.54) is 6.42 Å². The van der Waals surface area contributed by atoms with Gasteiger partial charge in [-0.25, -0.2) is 8.42 Å². The minimum atomic E-state index is -2.68. The first-order valence-corrected chi connectivity index (χ1v) is 6.49. The van der Waals surface area contributed by atoms with Gasteiger partial charge in [-0.05, 0) is 30.1 Å². The standard InChI is InChI=1S/C9H16O2S/c1-7-5-8(2)9(7)3-4-12(10,11)6-9/h7-8H,3-6H2,1-2H3. The average molecular weight is 188 g/mol. The number of hydrogen-bond acceptors (Lipinski definition) is 2. The number of rotatable bonds is 0. The maximum absolute atomic E-state index is 11.3. The molecule has 0 N–H and O–H groups in total. The van der Waals surface area contributed by atoms with Crippen molar-refractivity contribution in [1.29, 1.82) is 0 Å². The summed E-state index contributed by atoms with van der Waals surface area (Å²) in [6.07, 6.45) is 2.13. The monoisotopic (exact) mass is 188 g/mol. The van der Waals surface area contributed by atoms with Crippen LogP contribution in [0.1, 0.15) is 26.7 Å². The summed E-state index contributed by atoms with van der Waals surface area (Å²) in [5.74, 6) is 2.15. The van der Waals surface area contributed by atoms with E-state index in [1.54, 1.807) is 0 Å². The predicted molar refractivity (Wildman–Crippen MR) is 48.6 cm³/mol. The Bertz CT molecular complexity index is 284. The van der Waals surface area contributed by atoms with Crippen LogP contribution in [0, 0.1) is 17.3 Å². The highest BCUT2D eigenvalue weighted by Gasteiger charge is 2.55. The van der Waals surface area contributed by atoms with Gasteiger partial charge in [0, 0.05) is 0 Å². The van der Waals surface area contributed by atoms with Crippen LogP contribution in [0.5, 0.6) is 0 Å². The first-order chi connectivity index (χ1) is 5.46.